The first-order valence-electron chi connectivity index (χ1n) is 4.47. The predicted molar refractivity (Wildman–Crippen MR) is 48.1 cm³/mol. The summed E-state index contributed by atoms with van der Waals surface area (Å²) in [6, 6.07) is -0.679. The van der Waals surface area contributed by atoms with E-state index in [1.54, 1.807) is 0 Å². The van der Waals surface area contributed by atoms with Gasteiger partial charge in [0.25, 0.3) is 10.2 Å². The molecule has 0 aliphatic heterocycles. The molecular weight excluding hydrogens is 233 g/mol. The van der Waals surface area contributed by atoms with E-state index >= 15 is 0 Å². The van der Waals surface area contributed by atoms with Crippen molar-refractivity contribution in [2.24, 2.45) is 11.1 Å². The minimum absolute atomic E-state index is 0.00525. The van der Waals surface area contributed by atoms with Crippen LogP contribution in [-0.4, -0.2) is 31.5 Å². The van der Waals surface area contributed by atoms with Crippen molar-refractivity contribution in [1.82, 2.24) is 4.31 Å². The molecule has 1 aliphatic rings. The van der Waals surface area contributed by atoms with Crippen LogP contribution in [0.4, 0.5) is 13.2 Å². The van der Waals surface area contributed by atoms with Gasteiger partial charge in [-0.1, -0.05) is 0 Å². The summed E-state index contributed by atoms with van der Waals surface area (Å²) in [7, 11) is -4.29. The maximum absolute atomic E-state index is 12.1. The van der Waals surface area contributed by atoms with E-state index in [2.05, 4.69) is 0 Å². The van der Waals surface area contributed by atoms with Gasteiger partial charge in [-0.2, -0.15) is 25.9 Å². The van der Waals surface area contributed by atoms with Gasteiger partial charge in [0.1, 0.15) is 6.54 Å². The Labute approximate surface area is 86.4 Å². The zero-order valence-electron chi connectivity index (χ0n) is 8.16. The molecule has 0 aromatic rings. The van der Waals surface area contributed by atoms with Crippen LogP contribution in [-0.2, 0) is 10.2 Å². The molecule has 1 saturated carbocycles. The average molecular weight is 246 g/mol. The topological polar surface area (TPSA) is 63.4 Å². The summed E-state index contributed by atoms with van der Waals surface area (Å²) in [6.45, 7) is -0.0582. The van der Waals surface area contributed by atoms with E-state index < -0.39 is 29.0 Å². The Kier molecular flexibility index (Phi) is 3.32. The van der Waals surface area contributed by atoms with Crippen molar-refractivity contribution < 1.29 is 21.6 Å². The van der Waals surface area contributed by atoms with Crippen LogP contribution in [0.5, 0.6) is 0 Å². The van der Waals surface area contributed by atoms with Crippen molar-refractivity contribution in [3.05, 3.63) is 0 Å². The third-order valence-corrected chi connectivity index (χ3v) is 3.54. The van der Waals surface area contributed by atoms with Gasteiger partial charge in [0.15, 0.2) is 0 Å². The molecule has 0 spiro atoms. The maximum Gasteiger partial charge on any atom is 0.402 e. The molecule has 1 aliphatic carbocycles. The first-order chi connectivity index (χ1) is 6.61. The normalized spacial score (nSPS) is 20.7. The van der Waals surface area contributed by atoms with E-state index in [-0.39, 0.29) is 5.92 Å². The Bertz CT molecular complexity index is 324. The van der Waals surface area contributed by atoms with Gasteiger partial charge in [-0.25, -0.2) is 5.14 Å². The molecule has 90 valence electrons. The summed E-state index contributed by atoms with van der Waals surface area (Å²) in [4.78, 5) is 0. The second-order valence-corrected chi connectivity index (χ2v) is 5.28. The molecule has 0 aromatic heterocycles. The summed E-state index contributed by atoms with van der Waals surface area (Å²) >= 11 is 0. The molecule has 1 unspecified atom stereocenters. The Morgan fingerprint density at radius 2 is 1.93 bits per heavy atom. The molecule has 1 fully saturated rings. The highest BCUT2D eigenvalue weighted by Gasteiger charge is 2.42. The lowest BCUT2D eigenvalue weighted by molar-refractivity contribution is -0.139. The lowest BCUT2D eigenvalue weighted by atomic mass is 10.2. The third-order valence-electron chi connectivity index (χ3n) is 2.42. The van der Waals surface area contributed by atoms with Gasteiger partial charge < -0.3 is 0 Å². The minimum Gasteiger partial charge on any atom is -0.216 e. The summed E-state index contributed by atoms with van der Waals surface area (Å²) in [5, 5.41) is 4.75. The van der Waals surface area contributed by atoms with Crippen LogP contribution in [0.3, 0.4) is 0 Å². The monoisotopic (exact) mass is 246 g/mol. The molecule has 0 saturated heterocycles. The maximum atomic E-state index is 12.1. The number of hydrogen-bond donors (Lipinski definition) is 1. The summed E-state index contributed by atoms with van der Waals surface area (Å²) in [5.41, 5.74) is 0. The van der Waals surface area contributed by atoms with E-state index in [0.29, 0.717) is 4.31 Å². The lowest BCUT2D eigenvalue weighted by Gasteiger charge is -2.27. The number of alkyl halides is 3. The van der Waals surface area contributed by atoms with Crippen molar-refractivity contribution in [1.29, 1.82) is 0 Å². The SMILES string of the molecule is CC(C1CC1)N(CC(F)(F)F)S(N)(=O)=O. The quantitative estimate of drug-likeness (QED) is 0.799. The van der Waals surface area contributed by atoms with Crippen LogP contribution >= 0.6 is 0 Å². The predicted octanol–water partition coefficient (Wildman–Crippen LogP) is 0.853. The standard InChI is InChI=1S/C7H13F3N2O2S/c1-5(6-2-3-6)12(15(11,13)14)4-7(8,9)10/h5-6H,2-4H2,1H3,(H2,11,13,14). The van der Waals surface area contributed by atoms with Crippen LogP contribution in [0.2, 0.25) is 0 Å². The molecule has 0 amide bonds. The summed E-state index contributed by atoms with van der Waals surface area (Å²) in [6.07, 6.45) is -3.05. The average Bonchev–Trinajstić information content (AvgIpc) is 2.76. The largest absolute Gasteiger partial charge is 0.402 e. The van der Waals surface area contributed by atoms with Crippen molar-refractivity contribution >= 4 is 10.2 Å². The Morgan fingerprint density at radius 1 is 1.47 bits per heavy atom. The second-order valence-electron chi connectivity index (χ2n) is 3.78. The zero-order chi connectivity index (χ0) is 11.9. The first kappa shape index (κ1) is 12.7. The van der Waals surface area contributed by atoms with Crippen LogP contribution < -0.4 is 5.14 Å². The summed E-state index contributed by atoms with van der Waals surface area (Å²) < 4.78 is 58.7. The minimum atomic E-state index is -4.56. The Balaban J connectivity index is 2.78. The molecule has 1 atom stereocenters. The lowest BCUT2D eigenvalue weighted by Crippen LogP contribution is -2.48. The molecule has 1 rings (SSSR count). The van der Waals surface area contributed by atoms with Gasteiger partial charge in [-0.3, -0.25) is 0 Å². The van der Waals surface area contributed by atoms with Gasteiger partial charge in [-0.15, -0.1) is 0 Å². The second kappa shape index (κ2) is 3.91. The molecule has 15 heavy (non-hydrogen) atoms. The van der Waals surface area contributed by atoms with E-state index in [0.717, 1.165) is 12.8 Å². The van der Waals surface area contributed by atoms with Crippen LogP contribution in [0.15, 0.2) is 0 Å². The van der Waals surface area contributed by atoms with Crippen LogP contribution in [0.25, 0.3) is 0 Å². The van der Waals surface area contributed by atoms with E-state index in [1.165, 1.54) is 6.92 Å². The zero-order valence-corrected chi connectivity index (χ0v) is 8.98. The molecule has 8 heteroatoms. The number of halogens is 3. The van der Waals surface area contributed by atoms with Gasteiger partial charge in [-0.05, 0) is 25.7 Å². The highest BCUT2D eigenvalue weighted by atomic mass is 32.2. The molecule has 4 nitrogen and oxygen atoms in total. The molecule has 0 aromatic carbocycles. The number of rotatable bonds is 4. The number of nitrogens with two attached hydrogens (primary N) is 1. The van der Waals surface area contributed by atoms with E-state index in [4.69, 9.17) is 5.14 Å². The van der Waals surface area contributed by atoms with E-state index in [1.807, 2.05) is 0 Å². The van der Waals surface area contributed by atoms with Crippen molar-refractivity contribution in [2.75, 3.05) is 6.54 Å². The Hall–Kier alpha value is -0.340. The van der Waals surface area contributed by atoms with Gasteiger partial charge in [0, 0.05) is 6.04 Å². The number of hydrogen-bond acceptors (Lipinski definition) is 2. The Morgan fingerprint density at radius 3 is 2.20 bits per heavy atom. The fourth-order valence-corrected chi connectivity index (χ4v) is 2.42. The molecular formula is C7H13F3N2O2S. The highest BCUT2D eigenvalue weighted by molar-refractivity contribution is 7.86. The number of nitrogens with zero attached hydrogens (tertiary/aromatic N) is 1. The first-order valence-corrected chi connectivity index (χ1v) is 5.98. The van der Waals surface area contributed by atoms with Crippen LogP contribution in [0.1, 0.15) is 19.8 Å². The van der Waals surface area contributed by atoms with Gasteiger partial charge >= 0.3 is 6.18 Å². The molecule has 0 heterocycles. The molecule has 0 bridgehead atoms. The van der Waals surface area contributed by atoms with Crippen molar-refractivity contribution in [3.63, 3.8) is 0 Å². The van der Waals surface area contributed by atoms with Crippen LogP contribution in [0, 0.1) is 5.92 Å². The molecule has 2 N–H and O–H groups in total. The fraction of sp³-hybridized carbons (Fsp3) is 1.00. The third kappa shape index (κ3) is 3.96. The van der Waals surface area contributed by atoms with Gasteiger partial charge in [0.05, 0.1) is 0 Å². The van der Waals surface area contributed by atoms with Crippen molar-refractivity contribution in [2.45, 2.75) is 32.0 Å². The van der Waals surface area contributed by atoms with E-state index in [9.17, 15) is 21.6 Å². The van der Waals surface area contributed by atoms with Gasteiger partial charge in [0.2, 0.25) is 0 Å². The molecule has 0 radical (unpaired) electrons. The summed E-state index contributed by atoms with van der Waals surface area (Å²) in [5.74, 6) is 0.00525. The smallest absolute Gasteiger partial charge is 0.216 e. The fourth-order valence-electron chi connectivity index (χ4n) is 1.46. The highest BCUT2D eigenvalue weighted by Crippen LogP contribution is 2.36. The van der Waals surface area contributed by atoms with Crippen molar-refractivity contribution in [3.8, 4) is 0 Å².